The third kappa shape index (κ3) is 4.24. The Bertz CT molecular complexity index is 689. The number of hydrogen-bond donors (Lipinski definition) is 2. The van der Waals surface area contributed by atoms with Crippen LogP contribution in [0.2, 0.25) is 0 Å². The van der Waals surface area contributed by atoms with E-state index in [1.807, 2.05) is 61.6 Å². The summed E-state index contributed by atoms with van der Waals surface area (Å²) >= 11 is 0. The van der Waals surface area contributed by atoms with Crippen LogP contribution in [0.15, 0.2) is 53.1 Å². The van der Waals surface area contributed by atoms with Gasteiger partial charge in [-0.3, -0.25) is 4.79 Å². The Morgan fingerprint density at radius 1 is 1.29 bits per heavy atom. The van der Waals surface area contributed by atoms with Gasteiger partial charge in [-0.25, -0.2) is 0 Å². The second kappa shape index (κ2) is 7.80. The van der Waals surface area contributed by atoms with Gasteiger partial charge < -0.3 is 15.1 Å². The molecule has 5 heteroatoms. The fraction of sp³-hybridized carbons (Fsp3) is 0.368. The molecule has 24 heavy (non-hydrogen) atoms. The smallest absolute Gasteiger partial charge is 0.276 e. The van der Waals surface area contributed by atoms with E-state index in [1.54, 1.807) is 13.2 Å². The van der Waals surface area contributed by atoms with Gasteiger partial charge in [0.05, 0.1) is 12.3 Å². The van der Waals surface area contributed by atoms with Crippen LogP contribution >= 0.6 is 0 Å². The standard InChI is InChI=1S/C19H23N3O2/c1-14(2)19(3,13-20)22-17(23)12-21-18(16-10-7-11-24-16)15-8-5-4-6-9-15/h4-11,14,18,21H,12H2,1-3H3,(H,22,23)/p+1/t18-,19+/m0/s1. The first kappa shape index (κ1) is 17.8. The topological polar surface area (TPSA) is 82.6 Å². The predicted octanol–water partition coefficient (Wildman–Crippen LogP) is 1.99. The van der Waals surface area contributed by atoms with Crippen LogP contribution in [0.3, 0.4) is 0 Å². The summed E-state index contributed by atoms with van der Waals surface area (Å²) in [5.74, 6) is 0.655. The zero-order valence-corrected chi connectivity index (χ0v) is 14.3. The number of hydrogen-bond acceptors (Lipinski definition) is 3. The molecule has 0 aliphatic heterocycles. The minimum atomic E-state index is -0.863. The number of carbonyl (C=O) groups is 1. The van der Waals surface area contributed by atoms with Gasteiger partial charge >= 0.3 is 0 Å². The lowest BCUT2D eigenvalue weighted by molar-refractivity contribution is -0.678. The molecule has 0 saturated carbocycles. The molecule has 5 nitrogen and oxygen atoms in total. The molecule has 2 atom stereocenters. The molecule has 0 saturated heterocycles. The maximum absolute atomic E-state index is 12.3. The summed E-state index contributed by atoms with van der Waals surface area (Å²) in [4.78, 5) is 12.3. The number of furan rings is 1. The minimum Gasteiger partial charge on any atom is -0.463 e. The van der Waals surface area contributed by atoms with Crippen LogP contribution in [-0.2, 0) is 4.79 Å². The van der Waals surface area contributed by atoms with Crippen LogP contribution in [-0.4, -0.2) is 18.0 Å². The summed E-state index contributed by atoms with van der Waals surface area (Å²) in [6.45, 7) is 5.80. The molecule has 0 spiro atoms. The molecule has 2 rings (SSSR count). The molecule has 2 aromatic rings. The van der Waals surface area contributed by atoms with E-state index >= 15 is 0 Å². The highest BCUT2D eigenvalue weighted by Gasteiger charge is 2.31. The van der Waals surface area contributed by atoms with Crippen molar-refractivity contribution >= 4 is 5.91 Å². The first-order chi connectivity index (χ1) is 11.5. The maximum atomic E-state index is 12.3. The molecule has 0 aliphatic carbocycles. The number of quaternary nitrogens is 1. The molecule has 1 aromatic carbocycles. The van der Waals surface area contributed by atoms with Crippen molar-refractivity contribution < 1.29 is 14.5 Å². The van der Waals surface area contributed by atoms with Crippen molar-refractivity contribution in [2.24, 2.45) is 5.92 Å². The van der Waals surface area contributed by atoms with E-state index in [2.05, 4.69) is 11.4 Å². The van der Waals surface area contributed by atoms with E-state index in [-0.39, 0.29) is 24.4 Å². The molecule has 0 aliphatic rings. The van der Waals surface area contributed by atoms with Crippen LogP contribution in [0.25, 0.3) is 0 Å². The van der Waals surface area contributed by atoms with Crippen molar-refractivity contribution in [1.29, 1.82) is 5.26 Å². The quantitative estimate of drug-likeness (QED) is 0.816. The van der Waals surface area contributed by atoms with E-state index in [0.29, 0.717) is 0 Å². The average molecular weight is 326 g/mol. The average Bonchev–Trinajstić information content (AvgIpc) is 3.10. The number of nitrogens with zero attached hydrogens (tertiary/aromatic N) is 1. The van der Waals surface area contributed by atoms with Crippen molar-refractivity contribution in [3.05, 3.63) is 60.1 Å². The monoisotopic (exact) mass is 326 g/mol. The van der Waals surface area contributed by atoms with E-state index in [1.165, 1.54) is 0 Å². The van der Waals surface area contributed by atoms with E-state index in [0.717, 1.165) is 11.3 Å². The van der Waals surface area contributed by atoms with Crippen molar-refractivity contribution in [1.82, 2.24) is 5.32 Å². The van der Waals surface area contributed by atoms with Crippen molar-refractivity contribution in [2.75, 3.05) is 6.54 Å². The molecule has 1 aromatic heterocycles. The highest BCUT2D eigenvalue weighted by Crippen LogP contribution is 2.18. The molecule has 126 valence electrons. The lowest BCUT2D eigenvalue weighted by atomic mass is 9.90. The summed E-state index contributed by atoms with van der Waals surface area (Å²) in [5, 5.41) is 14.1. The molecule has 0 unspecified atom stereocenters. The Kier molecular flexibility index (Phi) is 5.78. The molecule has 0 bridgehead atoms. The van der Waals surface area contributed by atoms with Crippen LogP contribution in [0.4, 0.5) is 0 Å². The third-order valence-electron chi connectivity index (χ3n) is 4.33. The van der Waals surface area contributed by atoms with Gasteiger partial charge in [0.1, 0.15) is 5.54 Å². The summed E-state index contributed by atoms with van der Waals surface area (Å²) in [5.41, 5.74) is 0.199. The summed E-state index contributed by atoms with van der Waals surface area (Å²) in [6.07, 6.45) is 1.63. The normalized spacial score (nSPS) is 14.6. The number of nitriles is 1. The Hall–Kier alpha value is -2.58. The summed E-state index contributed by atoms with van der Waals surface area (Å²) < 4.78 is 5.53. The molecule has 0 radical (unpaired) electrons. The SMILES string of the molecule is CC(C)[C@@](C)(C#N)NC(=O)C[NH2+][C@@H](c1ccccc1)c1ccco1. The Balaban J connectivity index is 2.07. The number of benzene rings is 1. The molecular weight excluding hydrogens is 302 g/mol. The van der Waals surface area contributed by atoms with Gasteiger partial charge in [0.25, 0.3) is 5.91 Å². The fourth-order valence-electron chi connectivity index (χ4n) is 2.41. The Morgan fingerprint density at radius 3 is 2.54 bits per heavy atom. The molecule has 1 amide bonds. The van der Waals surface area contributed by atoms with E-state index in [4.69, 9.17) is 4.42 Å². The van der Waals surface area contributed by atoms with Gasteiger partial charge in [-0.1, -0.05) is 44.2 Å². The Morgan fingerprint density at radius 2 is 2.00 bits per heavy atom. The van der Waals surface area contributed by atoms with Gasteiger partial charge in [0.2, 0.25) is 0 Å². The fourth-order valence-corrected chi connectivity index (χ4v) is 2.41. The number of rotatable bonds is 7. The largest absolute Gasteiger partial charge is 0.463 e. The van der Waals surface area contributed by atoms with E-state index < -0.39 is 5.54 Å². The van der Waals surface area contributed by atoms with E-state index in [9.17, 15) is 10.1 Å². The minimum absolute atomic E-state index is 0.0291. The van der Waals surface area contributed by atoms with Crippen molar-refractivity contribution in [3.63, 3.8) is 0 Å². The molecule has 1 heterocycles. The predicted molar refractivity (Wildman–Crippen MR) is 90.8 cm³/mol. The van der Waals surface area contributed by atoms with Gasteiger partial charge in [-0.05, 0) is 25.0 Å². The first-order valence-electron chi connectivity index (χ1n) is 8.10. The molecular formula is C19H24N3O2+. The van der Waals surface area contributed by atoms with Gasteiger partial charge in [-0.15, -0.1) is 0 Å². The highest BCUT2D eigenvalue weighted by atomic mass is 16.3. The number of carbonyl (C=O) groups excluding carboxylic acids is 1. The summed E-state index contributed by atoms with van der Waals surface area (Å²) in [6, 6.07) is 15.7. The lowest BCUT2D eigenvalue weighted by Crippen LogP contribution is -2.88. The first-order valence-corrected chi connectivity index (χ1v) is 8.10. The second-order valence-electron chi connectivity index (χ2n) is 6.36. The number of nitrogens with two attached hydrogens (primary N) is 1. The van der Waals surface area contributed by atoms with Crippen LogP contribution < -0.4 is 10.6 Å². The van der Waals surface area contributed by atoms with Crippen LogP contribution in [0.1, 0.15) is 38.1 Å². The van der Waals surface area contributed by atoms with Crippen molar-refractivity contribution in [2.45, 2.75) is 32.4 Å². The van der Waals surface area contributed by atoms with Crippen LogP contribution in [0.5, 0.6) is 0 Å². The van der Waals surface area contributed by atoms with Gasteiger partial charge in [0, 0.05) is 5.56 Å². The molecule has 3 N–H and O–H groups in total. The highest BCUT2D eigenvalue weighted by molar-refractivity contribution is 5.78. The van der Waals surface area contributed by atoms with Crippen LogP contribution in [0, 0.1) is 17.2 Å². The van der Waals surface area contributed by atoms with Gasteiger partial charge in [0.15, 0.2) is 18.3 Å². The maximum Gasteiger partial charge on any atom is 0.276 e. The summed E-state index contributed by atoms with van der Waals surface area (Å²) in [7, 11) is 0. The van der Waals surface area contributed by atoms with Crippen molar-refractivity contribution in [3.8, 4) is 6.07 Å². The number of nitrogens with one attached hydrogen (secondary N) is 1. The molecule has 0 fully saturated rings. The second-order valence-corrected chi connectivity index (χ2v) is 6.36. The lowest BCUT2D eigenvalue weighted by Gasteiger charge is -2.27. The zero-order chi connectivity index (χ0) is 17.6. The third-order valence-corrected chi connectivity index (χ3v) is 4.33. The zero-order valence-electron chi connectivity index (χ0n) is 14.3. The number of amides is 1. The van der Waals surface area contributed by atoms with Gasteiger partial charge in [-0.2, -0.15) is 5.26 Å². The Labute approximate surface area is 142 Å².